The number of hydrogen-bond donors (Lipinski definition) is 1. The summed E-state index contributed by atoms with van der Waals surface area (Å²) in [6.07, 6.45) is 0. The second-order valence-corrected chi connectivity index (χ2v) is 4.51. The summed E-state index contributed by atoms with van der Waals surface area (Å²) in [6, 6.07) is 0. The summed E-state index contributed by atoms with van der Waals surface area (Å²) in [5.74, 6) is 0.848. The molecule has 0 aromatic carbocycles. The van der Waals surface area contributed by atoms with Gasteiger partial charge in [0.2, 0.25) is 5.95 Å². The van der Waals surface area contributed by atoms with E-state index in [2.05, 4.69) is 15.2 Å². The van der Waals surface area contributed by atoms with Gasteiger partial charge in [-0.3, -0.25) is 4.57 Å². The lowest BCUT2D eigenvalue weighted by atomic mass is 10.4. The van der Waals surface area contributed by atoms with Crippen molar-refractivity contribution in [3.63, 3.8) is 0 Å². The van der Waals surface area contributed by atoms with E-state index in [4.69, 9.17) is 12.2 Å². The summed E-state index contributed by atoms with van der Waals surface area (Å²) in [4.78, 5) is 6.28. The molecular formula is C9H13N5S2. The molecule has 0 aliphatic carbocycles. The molecule has 2 heterocycles. The van der Waals surface area contributed by atoms with Crippen molar-refractivity contribution in [3.05, 3.63) is 21.4 Å². The van der Waals surface area contributed by atoms with Crippen molar-refractivity contribution >= 4 is 29.5 Å². The minimum Gasteiger partial charge on any atom is -0.338 e. The first-order valence-electron chi connectivity index (χ1n) is 4.95. The predicted octanol–water partition coefficient (Wildman–Crippen LogP) is 2.05. The van der Waals surface area contributed by atoms with E-state index in [9.17, 15) is 0 Å². The Hall–Kier alpha value is -1.21. The number of rotatable bonds is 4. The molecule has 0 fully saturated rings. The maximum atomic E-state index is 5.14. The summed E-state index contributed by atoms with van der Waals surface area (Å²) >= 11 is 6.74. The van der Waals surface area contributed by atoms with Gasteiger partial charge in [0.25, 0.3) is 0 Å². The number of nitrogens with zero attached hydrogens (tertiary/aromatic N) is 4. The minimum absolute atomic E-state index is 0.655. The van der Waals surface area contributed by atoms with E-state index in [1.165, 1.54) is 0 Å². The zero-order valence-electron chi connectivity index (χ0n) is 9.17. The Kier molecular flexibility index (Phi) is 3.35. The van der Waals surface area contributed by atoms with E-state index in [1.807, 2.05) is 34.3 Å². The molecule has 7 heteroatoms. The van der Waals surface area contributed by atoms with Crippen LogP contribution in [0.4, 0.5) is 5.95 Å². The molecule has 16 heavy (non-hydrogen) atoms. The molecule has 1 N–H and O–H groups in total. The quantitative estimate of drug-likeness (QED) is 0.850. The van der Waals surface area contributed by atoms with E-state index >= 15 is 0 Å². The van der Waals surface area contributed by atoms with E-state index in [0.29, 0.717) is 4.77 Å². The standard InChI is InChI=1S/C9H13N5S2/c1-3-14-8(11-12-9(14)15)13(2)4-7-5-16-6-10-7/h5-6H,3-4H2,1-2H3,(H,12,15). The highest BCUT2D eigenvalue weighted by Gasteiger charge is 2.10. The smallest absolute Gasteiger partial charge is 0.225 e. The molecule has 86 valence electrons. The first kappa shape index (κ1) is 11.3. The molecule has 0 saturated heterocycles. The second-order valence-electron chi connectivity index (χ2n) is 3.41. The van der Waals surface area contributed by atoms with Crippen LogP contribution in [0.15, 0.2) is 10.9 Å². The molecule has 0 bridgehead atoms. The third-order valence-corrected chi connectivity index (χ3v) is 3.23. The van der Waals surface area contributed by atoms with E-state index in [-0.39, 0.29) is 0 Å². The normalized spacial score (nSPS) is 10.6. The first-order valence-corrected chi connectivity index (χ1v) is 6.31. The molecule has 0 amide bonds. The van der Waals surface area contributed by atoms with Crippen molar-refractivity contribution in [2.45, 2.75) is 20.0 Å². The molecule has 0 saturated carbocycles. The number of thiazole rings is 1. The van der Waals surface area contributed by atoms with Crippen molar-refractivity contribution in [3.8, 4) is 0 Å². The van der Waals surface area contributed by atoms with Crippen LogP contribution in [0.2, 0.25) is 0 Å². The molecule has 2 rings (SSSR count). The Labute approximate surface area is 103 Å². The maximum absolute atomic E-state index is 5.14. The van der Waals surface area contributed by atoms with Crippen LogP contribution >= 0.6 is 23.6 Å². The molecule has 0 radical (unpaired) electrons. The van der Waals surface area contributed by atoms with Crippen LogP contribution in [0, 0.1) is 4.77 Å². The van der Waals surface area contributed by atoms with E-state index < -0.39 is 0 Å². The molecule has 2 aromatic rings. The summed E-state index contributed by atoms with van der Waals surface area (Å²) < 4.78 is 2.62. The summed E-state index contributed by atoms with van der Waals surface area (Å²) in [6.45, 7) is 3.60. The lowest BCUT2D eigenvalue weighted by Gasteiger charge is -2.16. The first-order chi connectivity index (χ1) is 7.72. The molecule has 0 aliphatic heterocycles. The lowest BCUT2D eigenvalue weighted by Crippen LogP contribution is -2.21. The Balaban J connectivity index is 2.20. The Morgan fingerprint density at radius 3 is 3.06 bits per heavy atom. The molecule has 0 unspecified atom stereocenters. The number of aromatic amines is 1. The molecule has 5 nitrogen and oxygen atoms in total. The van der Waals surface area contributed by atoms with Gasteiger partial charge in [0.05, 0.1) is 17.7 Å². The highest BCUT2D eigenvalue weighted by atomic mass is 32.1. The van der Waals surface area contributed by atoms with Gasteiger partial charge < -0.3 is 4.90 Å². The summed E-state index contributed by atoms with van der Waals surface area (Å²) in [5.41, 5.74) is 2.88. The predicted molar refractivity (Wildman–Crippen MR) is 67.3 cm³/mol. The Morgan fingerprint density at radius 1 is 1.62 bits per heavy atom. The van der Waals surface area contributed by atoms with Crippen molar-refractivity contribution in [1.29, 1.82) is 0 Å². The van der Waals surface area contributed by atoms with Gasteiger partial charge in [-0.05, 0) is 19.1 Å². The fourth-order valence-electron chi connectivity index (χ4n) is 1.52. The molecular weight excluding hydrogens is 242 g/mol. The molecule has 0 spiro atoms. The zero-order valence-corrected chi connectivity index (χ0v) is 10.8. The number of aromatic nitrogens is 4. The topological polar surface area (TPSA) is 49.7 Å². The van der Waals surface area contributed by atoms with Crippen LogP contribution in [-0.2, 0) is 13.1 Å². The van der Waals surface area contributed by atoms with E-state index in [1.54, 1.807) is 11.3 Å². The average Bonchev–Trinajstić information content (AvgIpc) is 2.87. The van der Waals surface area contributed by atoms with Crippen LogP contribution in [0.3, 0.4) is 0 Å². The molecule has 2 aromatic heterocycles. The highest BCUT2D eigenvalue weighted by Crippen LogP contribution is 2.13. The SMILES string of the molecule is CCn1c(N(C)Cc2cscn2)n[nH]c1=S. The van der Waals surface area contributed by atoms with Crippen LogP contribution < -0.4 is 4.90 Å². The average molecular weight is 255 g/mol. The fourth-order valence-corrected chi connectivity index (χ4v) is 2.32. The number of nitrogens with one attached hydrogen (secondary N) is 1. The highest BCUT2D eigenvalue weighted by molar-refractivity contribution is 7.71. The third-order valence-electron chi connectivity index (χ3n) is 2.28. The van der Waals surface area contributed by atoms with Gasteiger partial charge >= 0.3 is 0 Å². The van der Waals surface area contributed by atoms with E-state index in [0.717, 1.165) is 24.7 Å². The third kappa shape index (κ3) is 2.14. The molecule has 0 aliphatic rings. The zero-order chi connectivity index (χ0) is 11.5. The minimum atomic E-state index is 0.655. The van der Waals surface area contributed by atoms with Crippen LogP contribution in [-0.4, -0.2) is 26.8 Å². The van der Waals surface area contributed by atoms with Gasteiger partial charge in [-0.1, -0.05) is 0 Å². The Bertz CT molecular complexity index is 498. The largest absolute Gasteiger partial charge is 0.338 e. The van der Waals surface area contributed by atoms with Crippen molar-refractivity contribution < 1.29 is 0 Å². The monoisotopic (exact) mass is 255 g/mol. The summed E-state index contributed by atoms with van der Waals surface area (Å²) in [7, 11) is 1.98. The van der Waals surface area contributed by atoms with Crippen LogP contribution in [0.25, 0.3) is 0 Å². The van der Waals surface area contributed by atoms with Crippen molar-refractivity contribution in [2.24, 2.45) is 0 Å². The Morgan fingerprint density at radius 2 is 2.44 bits per heavy atom. The molecule has 0 atom stereocenters. The van der Waals surface area contributed by atoms with Crippen molar-refractivity contribution in [2.75, 3.05) is 11.9 Å². The van der Waals surface area contributed by atoms with Gasteiger partial charge in [-0.15, -0.1) is 16.4 Å². The van der Waals surface area contributed by atoms with Gasteiger partial charge in [0.1, 0.15) is 0 Å². The van der Waals surface area contributed by atoms with Crippen LogP contribution in [0.1, 0.15) is 12.6 Å². The maximum Gasteiger partial charge on any atom is 0.225 e. The van der Waals surface area contributed by atoms with Crippen molar-refractivity contribution in [1.82, 2.24) is 19.7 Å². The lowest BCUT2D eigenvalue weighted by molar-refractivity contribution is 0.714. The van der Waals surface area contributed by atoms with Gasteiger partial charge in [0.15, 0.2) is 4.77 Å². The number of hydrogen-bond acceptors (Lipinski definition) is 5. The number of H-pyrrole nitrogens is 1. The second kappa shape index (κ2) is 4.75. The summed E-state index contributed by atoms with van der Waals surface area (Å²) in [5, 5.41) is 9.06. The number of anilines is 1. The van der Waals surface area contributed by atoms with Gasteiger partial charge in [0, 0.05) is 19.0 Å². The van der Waals surface area contributed by atoms with Gasteiger partial charge in [-0.25, -0.2) is 10.1 Å². The van der Waals surface area contributed by atoms with Crippen LogP contribution in [0.5, 0.6) is 0 Å². The fraction of sp³-hybridized carbons (Fsp3) is 0.444. The van der Waals surface area contributed by atoms with Gasteiger partial charge in [-0.2, -0.15) is 0 Å².